The molecule has 2 fully saturated rings. The predicted molar refractivity (Wildman–Crippen MR) is 111 cm³/mol. The summed E-state index contributed by atoms with van der Waals surface area (Å²) in [4.78, 5) is 24.8. The van der Waals surface area contributed by atoms with Gasteiger partial charge in [-0.3, -0.25) is 9.59 Å². The highest BCUT2D eigenvalue weighted by molar-refractivity contribution is 6.30. The van der Waals surface area contributed by atoms with Crippen molar-refractivity contribution in [2.75, 3.05) is 6.61 Å². The average molecular weight is 462 g/mol. The van der Waals surface area contributed by atoms with Crippen LogP contribution in [0.15, 0.2) is 40.1 Å². The zero-order valence-corrected chi connectivity index (χ0v) is 17.7. The molecule has 168 valence electrons. The SMILES string of the molecule is O=C(COc1ccc(Cl)c(F)c1)NC1=C2CC(NC(=O)c3cc(C4CC4)no3)(C2)C(O)C1. The van der Waals surface area contributed by atoms with E-state index in [-0.39, 0.29) is 29.6 Å². The minimum Gasteiger partial charge on any atom is -0.484 e. The Labute approximate surface area is 187 Å². The lowest BCUT2D eigenvalue weighted by Gasteiger charge is -2.52. The monoisotopic (exact) mass is 461 g/mol. The van der Waals surface area contributed by atoms with E-state index in [9.17, 15) is 19.1 Å². The van der Waals surface area contributed by atoms with Crippen molar-refractivity contribution in [1.82, 2.24) is 15.8 Å². The minimum atomic E-state index is -0.864. The standard InChI is InChI=1S/C22H21ClFN3O5/c23-14-4-3-13(5-15(14)24)31-10-20(29)25-16-7-19(28)22(8-12(16)9-22)26-21(30)18-6-17(27-32-18)11-1-2-11/h3-6,11,19,28H,1-2,7-10H2,(H,25,29)(H,26,30). The highest BCUT2D eigenvalue weighted by atomic mass is 35.5. The van der Waals surface area contributed by atoms with Gasteiger partial charge in [0.05, 0.1) is 22.4 Å². The van der Waals surface area contributed by atoms with Crippen molar-refractivity contribution in [3.05, 3.63) is 57.8 Å². The van der Waals surface area contributed by atoms with Gasteiger partial charge in [-0.1, -0.05) is 16.8 Å². The predicted octanol–water partition coefficient (Wildman–Crippen LogP) is 2.82. The van der Waals surface area contributed by atoms with Gasteiger partial charge in [-0.25, -0.2) is 4.39 Å². The molecule has 1 unspecified atom stereocenters. The van der Waals surface area contributed by atoms with Crippen LogP contribution in [0.5, 0.6) is 5.75 Å². The third kappa shape index (κ3) is 3.98. The number of amides is 2. The molecule has 0 saturated heterocycles. The number of fused-ring (bicyclic) bond motifs is 2. The number of aliphatic hydroxyl groups excluding tert-OH is 1. The van der Waals surface area contributed by atoms with Crippen molar-refractivity contribution < 1.29 is 28.3 Å². The van der Waals surface area contributed by atoms with Crippen molar-refractivity contribution in [2.45, 2.75) is 49.7 Å². The molecule has 2 aromatic rings. The molecule has 8 nitrogen and oxygen atoms in total. The molecule has 0 radical (unpaired) electrons. The lowest BCUT2D eigenvalue weighted by atomic mass is 9.62. The summed E-state index contributed by atoms with van der Waals surface area (Å²) in [6.07, 6.45) is 2.31. The van der Waals surface area contributed by atoms with Crippen molar-refractivity contribution >= 4 is 23.4 Å². The van der Waals surface area contributed by atoms with Crippen LogP contribution in [0.2, 0.25) is 5.02 Å². The molecule has 1 aromatic heterocycles. The van der Waals surface area contributed by atoms with Gasteiger partial charge in [-0.05, 0) is 43.4 Å². The normalized spacial score (nSPS) is 24.0. The number of aromatic nitrogens is 1. The second-order valence-corrected chi connectivity index (χ2v) is 8.98. The van der Waals surface area contributed by atoms with E-state index >= 15 is 0 Å². The molecule has 0 aliphatic heterocycles. The summed E-state index contributed by atoms with van der Waals surface area (Å²) in [5.74, 6) is -0.754. The van der Waals surface area contributed by atoms with Crippen molar-refractivity contribution in [3.63, 3.8) is 0 Å². The van der Waals surface area contributed by atoms with Gasteiger partial charge in [-0.15, -0.1) is 0 Å². The number of aliphatic hydroxyl groups is 1. The first-order valence-electron chi connectivity index (χ1n) is 10.4. The van der Waals surface area contributed by atoms with Gasteiger partial charge in [0, 0.05) is 30.2 Å². The van der Waals surface area contributed by atoms with Crippen molar-refractivity contribution in [1.29, 1.82) is 0 Å². The highest BCUT2D eigenvalue weighted by Crippen LogP contribution is 2.48. The minimum absolute atomic E-state index is 0.0304. The number of nitrogens with one attached hydrogen (secondary N) is 2. The first-order chi connectivity index (χ1) is 15.3. The summed E-state index contributed by atoms with van der Waals surface area (Å²) < 4.78 is 23.9. The van der Waals surface area contributed by atoms with E-state index in [4.69, 9.17) is 20.9 Å². The van der Waals surface area contributed by atoms with Gasteiger partial charge in [-0.2, -0.15) is 0 Å². The molecule has 2 amide bonds. The average Bonchev–Trinajstić information content (AvgIpc) is 3.46. The van der Waals surface area contributed by atoms with E-state index in [0.717, 1.165) is 30.2 Å². The number of carbonyl (C=O) groups excluding carboxylic acids is 2. The molecule has 4 aliphatic carbocycles. The molecule has 1 atom stereocenters. The van der Waals surface area contributed by atoms with Gasteiger partial charge in [0.2, 0.25) is 5.76 Å². The Hall–Kier alpha value is -2.91. The Morgan fingerprint density at radius 3 is 2.78 bits per heavy atom. The summed E-state index contributed by atoms with van der Waals surface area (Å²) in [6.45, 7) is -0.315. The van der Waals surface area contributed by atoms with Crippen LogP contribution in [0, 0.1) is 5.82 Å². The molecule has 3 N–H and O–H groups in total. The molecular weight excluding hydrogens is 441 g/mol. The fraction of sp³-hybridized carbons (Fsp3) is 0.409. The maximum absolute atomic E-state index is 13.5. The van der Waals surface area contributed by atoms with Crippen molar-refractivity contribution in [3.8, 4) is 5.75 Å². The Morgan fingerprint density at radius 1 is 1.31 bits per heavy atom. The van der Waals surface area contributed by atoms with Crippen LogP contribution in [0.4, 0.5) is 4.39 Å². The van der Waals surface area contributed by atoms with E-state index < -0.39 is 29.3 Å². The maximum Gasteiger partial charge on any atom is 0.290 e. The maximum atomic E-state index is 13.5. The molecule has 10 heteroatoms. The summed E-state index contributed by atoms with van der Waals surface area (Å²) in [7, 11) is 0. The number of rotatable bonds is 7. The summed E-state index contributed by atoms with van der Waals surface area (Å²) >= 11 is 5.63. The van der Waals surface area contributed by atoms with Crippen LogP contribution in [-0.4, -0.2) is 40.3 Å². The molecule has 2 bridgehead atoms. The van der Waals surface area contributed by atoms with Gasteiger partial charge in [0.1, 0.15) is 11.6 Å². The quantitative estimate of drug-likeness (QED) is 0.584. The highest BCUT2D eigenvalue weighted by Gasteiger charge is 2.53. The lowest BCUT2D eigenvalue weighted by Crippen LogP contribution is -2.65. The van der Waals surface area contributed by atoms with E-state index in [1.165, 1.54) is 12.1 Å². The Morgan fingerprint density at radius 2 is 2.09 bits per heavy atom. The smallest absolute Gasteiger partial charge is 0.290 e. The first-order valence-corrected chi connectivity index (χ1v) is 10.8. The molecule has 0 spiro atoms. The Kier molecular flexibility index (Phi) is 5.17. The second kappa shape index (κ2) is 7.90. The van der Waals surface area contributed by atoms with E-state index in [1.807, 2.05) is 0 Å². The molecule has 4 aliphatic rings. The number of hydrogen-bond donors (Lipinski definition) is 3. The summed E-state index contributed by atoms with van der Waals surface area (Å²) in [6, 6.07) is 5.58. The van der Waals surface area contributed by atoms with Gasteiger partial charge in [0.25, 0.3) is 11.8 Å². The molecule has 1 aromatic carbocycles. The number of nitrogens with zero attached hydrogens (tertiary/aromatic N) is 1. The second-order valence-electron chi connectivity index (χ2n) is 8.57. The Bertz CT molecular complexity index is 1120. The fourth-order valence-electron chi connectivity index (χ4n) is 4.18. The van der Waals surface area contributed by atoms with E-state index in [0.29, 0.717) is 24.5 Å². The number of ether oxygens (including phenoxy) is 1. The van der Waals surface area contributed by atoms with Gasteiger partial charge in [0.15, 0.2) is 6.61 Å². The zero-order valence-electron chi connectivity index (χ0n) is 17.0. The van der Waals surface area contributed by atoms with Crippen LogP contribution >= 0.6 is 11.6 Å². The third-order valence-electron chi connectivity index (χ3n) is 6.18. The third-order valence-corrected chi connectivity index (χ3v) is 6.49. The molecule has 6 rings (SSSR count). The first kappa shape index (κ1) is 21.0. The Balaban J connectivity index is 1.16. The summed E-state index contributed by atoms with van der Waals surface area (Å²) in [5, 5.41) is 20.2. The largest absolute Gasteiger partial charge is 0.484 e. The van der Waals surface area contributed by atoms with Crippen LogP contribution in [0.1, 0.15) is 54.3 Å². The number of benzene rings is 1. The summed E-state index contributed by atoms with van der Waals surface area (Å²) in [5.41, 5.74) is 1.60. The topological polar surface area (TPSA) is 114 Å². The van der Waals surface area contributed by atoms with Gasteiger partial charge < -0.3 is 25.0 Å². The van der Waals surface area contributed by atoms with Gasteiger partial charge >= 0.3 is 0 Å². The van der Waals surface area contributed by atoms with E-state index in [2.05, 4.69) is 15.8 Å². The molecule has 2 saturated carbocycles. The van der Waals surface area contributed by atoms with Crippen LogP contribution in [0.3, 0.4) is 0 Å². The van der Waals surface area contributed by atoms with Crippen LogP contribution in [0.25, 0.3) is 0 Å². The lowest BCUT2D eigenvalue weighted by molar-refractivity contribution is -0.122. The molecule has 32 heavy (non-hydrogen) atoms. The molecule has 1 heterocycles. The van der Waals surface area contributed by atoms with E-state index in [1.54, 1.807) is 6.07 Å². The van der Waals surface area contributed by atoms with Crippen molar-refractivity contribution in [2.24, 2.45) is 0 Å². The number of hydrogen-bond acceptors (Lipinski definition) is 6. The van der Waals surface area contributed by atoms with Crippen LogP contribution in [-0.2, 0) is 4.79 Å². The number of halogens is 2. The number of carbonyl (C=O) groups is 2. The zero-order chi connectivity index (χ0) is 22.5. The fourth-order valence-corrected chi connectivity index (χ4v) is 4.30. The molecular formula is C22H21ClFN3O5. The van der Waals surface area contributed by atoms with Crippen LogP contribution < -0.4 is 15.4 Å².